The van der Waals surface area contributed by atoms with Gasteiger partial charge in [0, 0.05) is 17.5 Å². The van der Waals surface area contributed by atoms with E-state index in [2.05, 4.69) is 15.5 Å². The molecule has 0 radical (unpaired) electrons. The maximum Gasteiger partial charge on any atom is 0.258 e. The lowest BCUT2D eigenvalue weighted by Gasteiger charge is -2.22. The number of rotatable bonds is 6. The van der Waals surface area contributed by atoms with Crippen molar-refractivity contribution in [1.82, 2.24) is 15.5 Å². The number of carbonyl (C=O) groups is 1. The van der Waals surface area contributed by atoms with Crippen LogP contribution in [0.5, 0.6) is 5.75 Å². The van der Waals surface area contributed by atoms with Crippen LogP contribution in [0.3, 0.4) is 0 Å². The SMILES string of the molecule is CC(C)c1noc(-c2cccc(OCC(=O)NC3CCCCC3)c2)n1. The molecule has 1 aromatic carbocycles. The number of ether oxygens (including phenoxy) is 1. The highest BCUT2D eigenvalue weighted by Crippen LogP contribution is 2.24. The van der Waals surface area contributed by atoms with Crippen LogP contribution in [0.15, 0.2) is 28.8 Å². The largest absolute Gasteiger partial charge is 0.484 e. The molecule has 6 nitrogen and oxygen atoms in total. The van der Waals surface area contributed by atoms with E-state index in [1.807, 2.05) is 38.1 Å². The van der Waals surface area contributed by atoms with E-state index in [1.54, 1.807) is 0 Å². The molecule has 1 N–H and O–H groups in total. The van der Waals surface area contributed by atoms with Gasteiger partial charge in [0.15, 0.2) is 12.4 Å². The van der Waals surface area contributed by atoms with Gasteiger partial charge in [-0.3, -0.25) is 4.79 Å². The molecular weight excluding hydrogens is 318 g/mol. The van der Waals surface area contributed by atoms with E-state index in [9.17, 15) is 4.79 Å². The van der Waals surface area contributed by atoms with E-state index in [1.165, 1.54) is 19.3 Å². The van der Waals surface area contributed by atoms with Crippen LogP contribution in [-0.2, 0) is 4.79 Å². The first kappa shape index (κ1) is 17.5. The van der Waals surface area contributed by atoms with E-state index in [-0.39, 0.29) is 18.4 Å². The fourth-order valence-electron chi connectivity index (χ4n) is 2.97. The van der Waals surface area contributed by atoms with Gasteiger partial charge in [-0.1, -0.05) is 44.3 Å². The van der Waals surface area contributed by atoms with Crippen molar-refractivity contribution in [1.29, 1.82) is 0 Å². The van der Waals surface area contributed by atoms with Gasteiger partial charge in [-0.25, -0.2) is 0 Å². The summed E-state index contributed by atoms with van der Waals surface area (Å²) >= 11 is 0. The molecule has 0 bridgehead atoms. The summed E-state index contributed by atoms with van der Waals surface area (Å²) in [5, 5.41) is 7.02. The fraction of sp³-hybridized carbons (Fsp3) is 0.526. The summed E-state index contributed by atoms with van der Waals surface area (Å²) < 4.78 is 10.9. The van der Waals surface area contributed by atoms with E-state index in [0.717, 1.165) is 18.4 Å². The summed E-state index contributed by atoms with van der Waals surface area (Å²) in [4.78, 5) is 16.4. The summed E-state index contributed by atoms with van der Waals surface area (Å²) in [6.07, 6.45) is 5.78. The van der Waals surface area contributed by atoms with Gasteiger partial charge < -0.3 is 14.6 Å². The topological polar surface area (TPSA) is 77.2 Å². The molecule has 134 valence electrons. The minimum absolute atomic E-state index is 0.0149. The van der Waals surface area contributed by atoms with Gasteiger partial charge in [0.05, 0.1) is 0 Å². The predicted octanol–water partition coefficient (Wildman–Crippen LogP) is 3.69. The average Bonchev–Trinajstić information content (AvgIpc) is 3.12. The Morgan fingerprint density at radius 2 is 2.12 bits per heavy atom. The first-order chi connectivity index (χ1) is 12.1. The molecule has 1 aliphatic rings. The van der Waals surface area contributed by atoms with Gasteiger partial charge in [0.2, 0.25) is 0 Å². The Bertz CT molecular complexity index is 705. The molecule has 1 aromatic heterocycles. The summed E-state index contributed by atoms with van der Waals surface area (Å²) in [6.45, 7) is 4.04. The minimum atomic E-state index is -0.0720. The Kier molecular flexibility index (Phi) is 5.68. The van der Waals surface area contributed by atoms with Crippen LogP contribution in [0, 0.1) is 0 Å². The zero-order valence-corrected chi connectivity index (χ0v) is 14.8. The van der Waals surface area contributed by atoms with Gasteiger partial charge in [-0.2, -0.15) is 4.98 Å². The molecule has 1 fully saturated rings. The smallest absolute Gasteiger partial charge is 0.258 e. The Labute approximate surface area is 148 Å². The molecule has 25 heavy (non-hydrogen) atoms. The monoisotopic (exact) mass is 343 g/mol. The van der Waals surface area contributed by atoms with Crippen molar-refractivity contribution < 1.29 is 14.1 Å². The molecule has 1 amide bonds. The second-order valence-electron chi connectivity index (χ2n) is 6.83. The first-order valence-electron chi connectivity index (χ1n) is 8.98. The molecule has 0 atom stereocenters. The molecule has 3 rings (SSSR count). The predicted molar refractivity (Wildman–Crippen MR) is 94.3 cm³/mol. The molecule has 0 spiro atoms. The summed E-state index contributed by atoms with van der Waals surface area (Å²) in [5.41, 5.74) is 0.782. The second-order valence-corrected chi connectivity index (χ2v) is 6.83. The van der Waals surface area contributed by atoms with Crippen LogP contribution in [0.25, 0.3) is 11.5 Å². The lowest BCUT2D eigenvalue weighted by atomic mass is 9.95. The Morgan fingerprint density at radius 1 is 1.32 bits per heavy atom. The molecular formula is C19H25N3O3. The number of hydrogen-bond donors (Lipinski definition) is 1. The first-order valence-corrected chi connectivity index (χ1v) is 8.98. The van der Waals surface area contributed by atoms with Crippen LogP contribution < -0.4 is 10.1 Å². The number of amides is 1. The normalized spacial score (nSPS) is 15.3. The third kappa shape index (κ3) is 4.81. The Morgan fingerprint density at radius 3 is 2.84 bits per heavy atom. The third-order valence-corrected chi connectivity index (χ3v) is 4.38. The number of nitrogens with one attached hydrogen (secondary N) is 1. The number of aromatic nitrogens is 2. The molecule has 1 saturated carbocycles. The van der Waals surface area contributed by atoms with Gasteiger partial charge >= 0.3 is 0 Å². The zero-order valence-electron chi connectivity index (χ0n) is 14.8. The van der Waals surface area contributed by atoms with Crippen molar-refractivity contribution in [3.05, 3.63) is 30.1 Å². The number of carbonyl (C=O) groups excluding carboxylic acids is 1. The van der Waals surface area contributed by atoms with Crippen LogP contribution in [0.4, 0.5) is 0 Å². The summed E-state index contributed by atoms with van der Waals surface area (Å²) in [5.74, 6) is 1.88. The Balaban J connectivity index is 1.56. The standard InChI is InChI=1S/C19H25N3O3/c1-13(2)18-21-19(25-22-18)14-7-6-10-16(11-14)24-12-17(23)20-15-8-4-3-5-9-15/h6-7,10-11,13,15H,3-5,8-9,12H2,1-2H3,(H,20,23). The molecule has 0 saturated heterocycles. The van der Waals surface area contributed by atoms with Crippen molar-refractivity contribution >= 4 is 5.91 Å². The van der Waals surface area contributed by atoms with Crippen LogP contribution in [0.1, 0.15) is 57.7 Å². The highest BCUT2D eigenvalue weighted by atomic mass is 16.5. The molecule has 2 aromatic rings. The van der Waals surface area contributed by atoms with Crippen LogP contribution in [0.2, 0.25) is 0 Å². The molecule has 0 aliphatic heterocycles. The second kappa shape index (κ2) is 8.14. The van der Waals surface area contributed by atoms with E-state index in [0.29, 0.717) is 23.5 Å². The summed E-state index contributed by atoms with van der Waals surface area (Å²) in [7, 11) is 0. The summed E-state index contributed by atoms with van der Waals surface area (Å²) in [6, 6.07) is 7.65. The molecule has 1 heterocycles. The quantitative estimate of drug-likeness (QED) is 0.865. The van der Waals surface area contributed by atoms with Crippen LogP contribution >= 0.6 is 0 Å². The van der Waals surface area contributed by atoms with E-state index >= 15 is 0 Å². The number of benzene rings is 1. The van der Waals surface area contributed by atoms with Crippen molar-refractivity contribution in [3.8, 4) is 17.2 Å². The lowest BCUT2D eigenvalue weighted by Crippen LogP contribution is -2.38. The lowest BCUT2D eigenvalue weighted by molar-refractivity contribution is -0.124. The number of hydrogen-bond acceptors (Lipinski definition) is 5. The zero-order chi connectivity index (χ0) is 17.6. The van der Waals surface area contributed by atoms with Gasteiger partial charge in [0.1, 0.15) is 5.75 Å². The van der Waals surface area contributed by atoms with Crippen molar-refractivity contribution in [2.75, 3.05) is 6.61 Å². The van der Waals surface area contributed by atoms with Gasteiger partial charge in [0.25, 0.3) is 11.8 Å². The van der Waals surface area contributed by atoms with Gasteiger partial charge in [-0.15, -0.1) is 0 Å². The van der Waals surface area contributed by atoms with E-state index in [4.69, 9.17) is 9.26 Å². The molecule has 6 heteroatoms. The van der Waals surface area contributed by atoms with Crippen molar-refractivity contribution in [2.24, 2.45) is 0 Å². The highest BCUT2D eigenvalue weighted by molar-refractivity contribution is 5.77. The van der Waals surface area contributed by atoms with Crippen molar-refractivity contribution in [3.63, 3.8) is 0 Å². The van der Waals surface area contributed by atoms with Gasteiger partial charge in [-0.05, 0) is 31.0 Å². The average molecular weight is 343 g/mol. The molecule has 0 unspecified atom stereocenters. The minimum Gasteiger partial charge on any atom is -0.484 e. The van der Waals surface area contributed by atoms with E-state index < -0.39 is 0 Å². The highest BCUT2D eigenvalue weighted by Gasteiger charge is 2.16. The van der Waals surface area contributed by atoms with Crippen LogP contribution in [-0.4, -0.2) is 28.7 Å². The number of nitrogens with zero attached hydrogens (tertiary/aromatic N) is 2. The Hall–Kier alpha value is -2.37. The van der Waals surface area contributed by atoms with Crippen molar-refractivity contribution in [2.45, 2.75) is 57.9 Å². The fourth-order valence-corrected chi connectivity index (χ4v) is 2.97. The molecule has 1 aliphatic carbocycles. The maximum atomic E-state index is 12.0. The third-order valence-electron chi connectivity index (χ3n) is 4.38. The maximum absolute atomic E-state index is 12.0.